The van der Waals surface area contributed by atoms with Crippen molar-refractivity contribution in [3.63, 3.8) is 0 Å². The average molecular weight is 446 g/mol. The summed E-state index contributed by atoms with van der Waals surface area (Å²) in [6, 6.07) is 14.3. The Morgan fingerprint density at radius 2 is 1.89 bits per heavy atom. The number of hydrogen-bond acceptors (Lipinski definition) is 6. The second kappa shape index (κ2) is 8.49. The fourth-order valence-electron chi connectivity index (χ4n) is 2.23. The molecule has 8 heteroatoms. The average Bonchev–Trinajstić information content (AvgIpc) is 3.11. The summed E-state index contributed by atoms with van der Waals surface area (Å²) in [6.45, 7) is 3.23. The Kier molecular flexibility index (Phi) is 6.08. The first kappa shape index (κ1) is 19.3. The molecule has 3 rings (SSSR count). The number of carbonyl (C=O) groups is 2. The van der Waals surface area contributed by atoms with Gasteiger partial charge in [0.1, 0.15) is 0 Å². The molecular weight excluding hydrogens is 430 g/mol. The molecule has 138 valence electrons. The zero-order valence-electron chi connectivity index (χ0n) is 14.6. The van der Waals surface area contributed by atoms with Crippen LogP contribution in [0.2, 0.25) is 0 Å². The van der Waals surface area contributed by atoms with Gasteiger partial charge in [0.25, 0.3) is 5.22 Å². The van der Waals surface area contributed by atoms with Crippen molar-refractivity contribution >= 4 is 45.1 Å². The Bertz CT molecular complexity index is 972. The van der Waals surface area contributed by atoms with E-state index in [9.17, 15) is 9.59 Å². The highest BCUT2D eigenvalue weighted by molar-refractivity contribution is 9.10. The number of benzene rings is 2. The largest absolute Gasteiger partial charge is 0.411 e. The fraction of sp³-hybridized carbons (Fsp3) is 0.158. The van der Waals surface area contributed by atoms with Crippen LogP contribution in [0, 0.1) is 0 Å². The maximum absolute atomic E-state index is 12.4. The van der Waals surface area contributed by atoms with E-state index < -0.39 is 5.25 Å². The summed E-state index contributed by atoms with van der Waals surface area (Å²) in [4.78, 5) is 23.8. The zero-order chi connectivity index (χ0) is 19.4. The van der Waals surface area contributed by atoms with Crippen molar-refractivity contribution in [1.29, 1.82) is 0 Å². The number of ketones is 1. The SMILES string of the molecule is CC(=O)c1cccc(NC(=O)C(C)Sc2nnc(-c3ccc(Br)cc3)o2)c1. The van der Waals surface area contributed by atoms with Crippen LogP contribution in [0.25, 0.3) is 11.5 Å². The Hall–Kier alpha value is -2.45. The third-order valence-electron chi connectivity index (χ3n) is 3.68. The normalized spacial score (nSPS) is 11.8. The molecule has 1 atom stereocenters. The van der Waals surface area contributed by atoms with Crippen LogP contribution in [-0.2, 0) is 4.79 Å². The standard InChI is InChI=1S/C19H16BrN3O3S/c1-11(24)14-4-3-5-16(10-14)21-17(25)12(2)27-19-23-22-18(26-19)13-6-8-15(20)9-7-13/h3-10,12H,1-2H3,(H,21,25). The lowest BCUT2D eigenvalue weighted by Crippen LogP contribution is -2.22. The van der Waals surface area contributed by atoms with E-state index in [1.54, 1.807) is 31.2 Å². The number of rotatable bonds is 6. The molecule has 1 N–H and O–H groups in total. The van der Waals surface area contributed by atoms with Gasteiger partial charge in [0.05, 0.1) is 5.25 Å². The molecule has 2 aromatic carbocycles. The van der Waals surface area contributed by atoms with Gasteiger partial charge in [-0.25, -0.2) is 0 Å². The zero-order valence-corrected chi connectivity index (χ0v) is 17.0. The summed E-state index contributed by atoms with van der Waals surface area (Å²) in [5.74, 6) is 0.121. The number of hydrogen-bond donors (Lipinski definition) is 1. The third-order valence-corrected chi connectivity index (χ3v) is 5.14. The molecule has 6 nitrogen and oxygen atoms in total. The van der Waals surface area contributed by atoms with E-state index in [1.807, 2.05) is 24.3 Å². The molecule has 0 bridgehead atoms. The molecule has 1 amide bonds. The van der Waals surface area contributed by atoms with E-state index in [0.717, 1.165) is 10.0 Å². The predicted molar refractivity (Wildman–Crippen MR) is 108 cm³/mol. The number of amides is 1. The van der Waals surface area contributed by atoms with E-state index in [0.29, 0.717) is 22.4 Å². The van der Waals surface area contributed by atoms with Crippen LogP contribution in [0.1, 0.15) is 24.2 Å². The van der Waals surface area contributed by atoms with E-state index in [2.05, 4.69) is 31.4 Å². The molecule has 0 radical (unpaired) electrons. The molecule has 0 saturated carbocycles. The molecule has 1 heterocycles. The molecule has 0 aliphatic carbocycles. The van der Waals surface area contributed by atoms with Crippen LogP contribution in [0.4, 0.5) is 5.69 Å². The van der Waals surface area contributed by atoms with Gasteiger partial charge in [-0.1, -0.05) is 39.8 Å². The number of thioether (sulfide) groups is 1. The minimum absolute atomic E-state index is 0.0557. The molecule has 0 fully saturated rings. The highest BCUT2D eigenvalue weighted by Crippen LogP contribution is 2.27. The number of carbonyl (C=O) groups excluding carboxylic acids is 2. The lowest BCUT2D eigenvalue weighted by molar-refractivity contribution is -0.115. The van der Waals surface area contributed by atoms with Crippen LogP contribution in [0.3, 0.4) is 0 Å². The molecular formula is C19H16BrN3O3S. The van der Waals surface area contributed by atoms with Crippen LogP contribution in [0.5, 0.6) is 0 Å². The summed E-state index contributed by atoms with van der Waals surface area (Å²) in [6.07, 6.45) is 0. The maximum atomic E-state index is 12.4. The second-order valence-electron chi connectivity index (χ2n) is 5.77. The summed E-state index contributed by atoms with van der Waals surface area (Å²) < 4.78 is 6.59. The smallest absolute Gasteiger partial charge is 0.277 e. The summed E-state index contributed by atoms with van der Waals surface area (Å²) >= 11 is 4.55. The van der Waals surface area contributed by atoms with Crippen molar-refractivity contribution in [2.75, 3.05) is 5.32 Å². The number of Topliss-reactive ketones (excluding diaryl/α,β-unsaturated/α-hetero) is 1. The summed E-state index contributed by atoms with van der Waals surface area (Å²) in [7, 11) is 0. The number of anilines is 1. The van der Waals surface area contributed by atoms with Crippen LogP contribution in [-0.4, -0.2) is 27.1 Å². The maximum Gasteiger partial charge on any atom is 0.277 e. The van der Waals surface area contributed by atoms with Gasteiger partial charge < -0.3 is 9.73 Å². The van der Waals surface area contributed by atoms with E-state index >= 15 is 0 Å². The lowest BCUT2D eigenvalue weighted by atomic mass is 10.1. The van der Waals surface area contributed by atoms with Gasteiger partial charge >= 0.3 is 0 Å². The molecule has 0 spiro atoms. The van der Waals surface area contributed by atoms with Gasteiger partial charge in [0, 0.05) is 21.3 Å². The number of nitrogens with one attached hydrogen (secondary N) is 1. The highest BCUT2D eigenvalue weighted by Gasteiger charge is 2.19. The van der Waals surface area contributed by atoms with E-state index in [-0.39, 0.29) is 11.7 Å². The van der Waals surface area contributed by atoms with Gasteiger partial charge in [-0.2, -0.15) is 0 Å². The monoisotopic (exact) mass is 445 g/mol. The Balaban J connectivity index is 1.64. The van der Waals surface area contributed by atoms with Gasteiger partial charge in [0.15, 0.2) is 5.78 Å². The topological polar surface area (TPSA) is 85.1 Å². The van der Waals surface area contributed by atoms with Gasteiger partial charge in [-0.3, -0.25) is 9.59 Å². The first-order valence-corrected chi connectivity index (χ1v) is 9.77. The first-order valence-electron chi connectivity index (χ1n) is 8.10. The summed E-state index contributed by atoms with van der Waals surface area (Å²) in [5, 5.41) is 10.7. The highest BCUT2D eigenvalue weighted by atomic mass is 79.9. The minimum atomic E-state index is -0.454. The fourth-order valence-corrected chi connectivity index (χ4v) is 3.18. The number of nitrogens with zero attached hydrogens (tertiary/aromatic N) is 2. The van der Waals surface area contributed by atoms with Crippen molar-refractivity contribution in [3.8, 4) is 11.5 Å². The quantitative estimate of drug-likeness (QED) is 0.432. The molecule has 27 heavy (non-hydrogen) atoms. The predicted octanol–water partition coefficient (Wildman–Crippen LogP) is 4.82. The van der Waals surface area contributed by atoms with E-state index in [1.165, 1.54) is 18.7 Å². The van der Waals surface area contributed by atoms with Crippen LogP contribution >= 0.6 is 27.7 Å². The lowest BCUT2D eigenvalue weighted by Gasteiger charge is -2.10. The molecule has 0 aliphatic heterocycles. The Labute approximate surface area is 168 Å². The Morgan fingerprint density at radius 3 is 2.59 bits per heavy atom. The van der Waals surface area contributed by atoms with Crippen molar-refractivity contribution in [1.82, 2.24) is 10.2 Å². The van der Waals surface area contributed by atoms with Gasteiger partial charge in [-0.05, 0) is 50.2 Å². The molecule has 1 unspecified atom stereocenters. The minimum Gasteiger partial charge on any atom is -0.411 e. The van der Waals surface area contributed by atoms with Crippen molar-refractivity contribution in [3.05, 3.63) is 58.6 Å². The van der Waals surface area contributed by atoms with Gasteiger partial charge in [0.2, 0.25) is 11.8 Å². The second-order valence-corrected chi connectivity index (χ2v) is 7.97. The van der Waals surface area contributed by atoms with Crippen LogP contribution in [0.15, 0.2) is 62.6 Å². The molecule has 0 aliphatic rings. The summed E-state index contributed by atoms with van der Waals surface area (Å²) in [5.41, 5.74) is 1.92. The number of aromatic nitrogens is 2. The Morgan fingerprint density at radius 1 is 1.15 bits per heavy atom. The van der Waals surface area contributed by atoms with Crippen LogP contribution < -0.4 is 5.32 Å². The molecule has 0 saturated heterocycles. The van der Waals surface area contributed by atoms with Gasteiger partial charge in [-0.15, -0.1) is 10.2 Å². The first-order chi connectivity index (χ1) is 12.9. The van der Waals surface area contributed by atoms with E-state index in [4.69, 9.17) is 4.42 Å². The number of halogens is 1. The third kappa shape index (κ3) is 5.05. The molecule has 1 aromatic heterocycles. The molecule has 3 aromatic rings. The van der Waals surface area contributed by atoms with Crippen molar-refractivity contribution < 1.29 is 14.0 Å². The van der Waals surface area contributed by atoms with Crippen molar-refractivity contribution in [2.24, 2.45) is 0 Å². The van der Waals surface area contributed by atoms with Crippen molar-refractivity contribution in [2.45, 2.75) is 24.3 Å².